The molecule has 144 valence electrons. The predicted octanol–water partition coefficient (Wildman–Crippen LogP) is 4.91. The lowest BCUT2D eigenvalue weighted by atomic mass is 10.1. The molecular weight excluding hydrogens is 372 g/mol. The van der Waals surface area contributed by atoms with Crippen molar-refractivity contribution in [2.24, 2.45) is 7.05 Å². The second kappa shape index (κ2) is 7.90. The minimum Gasteiger partial charge on any atom is -0.497 e. The molecule has 4 aromatic rings. The van der Waals surface area contributed by atoms with Crippen molar-refractivity contribution in [3.05, 3.63) is 71.9 Å². The Morgan fingerprint density at radius 3 is 2.93 bits per heavy atom. The van der Waals surface area contributed by atoms with Crippen molar-refractivity contribution < 1.29 is 9.15 Å². The maximum Gasteiger partial charge on any atom is 0.126 e. The molecule has 3 heterocycles. The van der Waals surface area contributed by atoms with Gasteiger partial charge in [-0.15, -0.1) is 11.3 Å². The number of thiazole rings is 1. The number of hydrogen-bond acceptors (Lipinski definition) is 6. The summed E-state index contributed by atoms with van der Waals surface area (Å²) in [6.07, 6.45) is 7.31. The first-order valence-electron chi connectivity index (χ1n) is 9.00. The number of aryl methyl sites for hydroxylation is 1. The molecule has 28 heavy (non-hydrogen) atoms. The van der Waals surface area contributed by atoms with Gasteiger partial charge in [0, 0.05) is 24.2 Å². The van der Waals surface area contributed by atoms with E-state index < -0.39 is 0 Å². The van der Waals surface area contributed by atoms with Gasteiger partial charge >= 0.3 is 0 Å². The van der Waals surface area contributed by atoms with Crippen molar-refractivity contribution in [3.63, 3.8) is 0 Å². The second-order valence-corrected chi connectivity index (χ2v) is 7.47. The van der Waals surface area contributed by atoms with E-state index in [2.05, 4.69) is 34.4 Å². The number of rotatable bonds is 7. The first-order chi connectivity index (χ1) is 13.6. The second-order valence-electron chi connectivity index (χ2n) is 6.61. The topological polar surface area (TPSA) is 56.3 Å². The van der Waals surface area contributed by atoms with Gasteiger partial charge in [0.05, 0.1) is 43.5 Å². The minimum atomic E-state index is 0.123. The van der Waals surface area contributed by atoms with Crippen LogP contribution in [0.5, 0.6) is 5.75 Å². The highest BCUT2D eigenvalue weighted by Gasteiger charge is 2.20. The van der Waals surface area contributed by atoms with Crippen molar-refractivity contribution >= 4 is 17.0 Å². The SMILES string of the molecule is COc1cccc([C@@H](C)N(Cc2csc(-c3ccoc3)n2)c2cnn(C)c2)c1. The molecule has 0 bridgehead atoms. The number of aromatic nitrogens is 3. The molecule has 4 rings (SSSR count). The van der Waals surface area contributed by atoms with Crippen LogP contribution in [-0.4, -0.2) is 21.9 Å². The van der Waals surface area contributed by atoms with Gasteiger partial charge in [-0.05, 0) is 30.7 Å². The molecule has 0 unspecified atom stereocenters. The van der Waals surface area contributed by atoms with Gasteiger partial charge in [-0.1, -0.05) is 12.1 Å². The molecule has 0 radical (unpaired) electrons. The Labute approximate surface area is 168 Å². The molecule has 0 fully saturated rings. The highest BCUT2D eigenvalue weighted by molar-refractivity contribution is 7.13. The van der Waals surface area contributed by atoms with E-state index in [9.17, 15) is 0 Å². The summed E-state index contributed by atoms with van der Waals surface area (Å²) in [5.74, 6) is 0.853. The molecule has 7 heteroatoms. The van der Waals surface area contributed by atoms with E-state index in [-0.39, 0.29) is 6.04 Å². The van der Waals surface area contributed by atoms with E-state index in [1.165, 1.54) is 5.56 Å². The Kier molecular flexibility index (Phi) is 5.16. The van der Waals surface area contributed by atoms with Crippen LogP contribution in [0.1, 0.15) is 24.2 Å². The fourth-order valence-corrected chi connectivity index (χ4v) is 3.96. The zero-order chi connectivity index (χ0) is 19.5. The van der Waals surface area contributed by atoms with Crippen LogP contribution in [0, 0.1) is 0 Å². The average Bonchev–Trinajstić information content (AvgIpc) is 3.47. The van der Waals surface area contributed by atoms with Crippen LogP contribution in [0.4, 0.5) is 5.69 Å². The lowest BCUT2D eigenvalue weighted by molar-refractivity contribution is 0.413. The summed E-state index contributed by atoms with van der Waals surface area (Å²) in [7, 11) is 3.62. The van der Waals surface area contributed by atoms with E-state index in [1.54, 1.807) is 31.0 Å². The number of benzene rings is 1. The molecular formula is C21H22N4O2S. The van der Waals surface area contributed by atoms with Gasteiger partial charge in [0.2, 0.25) is 0 Å². The van der Waals surface area contributed by atoms with Gasteiger partial charge in [-0.25, -0.2) is 4.98 Å². The first kappa shape index (κ1) is 18.3. The Balaban J connectivity index is 1.64. The highest BCUT2D eigenvalue weighted by Crippen LogP contribution is 2.31. The van der Waals surface area contributed by atoms with Gasteiger partial charge in [0.15, 0.2) is 0 Å². The maximum atomic E-state index is 5.40. The van der Waals surface area contributed by atoms with E-state index >= 15 is 0 Å². The third-order valence-corrected chi connectivity index (χ3v) is 5.66. The Morgan fingerprint density at radius 1 is 1.32 bits per heavy atom. The summed E-state index contributed by atoms with van der Waals surface area (Å²) in [6.45, 7) is 2.86. The van der Waals surface area contributed by atoms with Crippen LogP contribution in [0.3, 0.4) is 0 Å². The normalized spacial score (nSPS) is 12.1. The third-order valence-electron chi connectivity index (χ3n) is 4.72. The maximum absolute atomic E-state index is 5.40. The van der Waals surface area contributed by atoms with E-state index in [0.29, 0.717) is 6.54 Å². The smallest absolute Gasteiger partial charge is 0.126 e. The molecule has 0 aliphatic rings. The van der Waals surface area contributed by atoms with Crippen LogP contribution in [0.25, 0.3) is 10.6 Å². The summed E-state index contributed by atoms with van der Waals surface area (Å²) in [5, 5.41) is 7.42. The van der Waals surface area contributed by atoms with E-state index in [1.807, 2.05) is 42.3 Å². The van der Waals surface area contributed by atoms with Crippen molar-refractivity contribution in [3.8, 4) is 16.3 Å². The summed E-state index contributed by atoms with van der Waals surface area (Å²) < 4.78 is 12.4. The Morgan fingerprint density at radius 2 is 2.21 bits per heavy atom. The molecule has 6 nitrogen and oxygen atoms in total. The Hall–Kier alpha value is -3.06. The number of ether oxygens (including phenoxy) is 1. The largest absolute Gasteiger partial charge is 0.497 e. The summed E-state index contributed by atoms with van der Waals surface area (Å²) >= 11 is 1.62. The molecule has 0 aliphatic carbocycles. The Bertz CT molecular complexity index is 1040. The van der Waals surface area contributed by atoms with Crippen molar-refractivity contribution in [2.45, 2.75) is 19.5 Å². The molecule has 0 aliphatic heterocycles. The molecule has 0 saturated heterocycles. The van der Waals surface area contributed by atoms with Gasteiger partial charge in [-0.3, -0.25) is 4.68 Å². The number of nitrogens with zero attached hydrogens (tertiary/aromatic N) is 4. The summed E-state index contributed by atoms with van der Waals surface area (Å²) in [6, 6.07) is 10.2. The monoisotopic (exact) mass is 394 g/mol. The number of furan rings is 1. The molecule has 1 atom stereocenters. The predicted molar refractivity (Wildman–Crippen MR) is 111 cm³/mol. The van der Waals surface area contributed by atoms with Crippen LogP contribution in [0.2, 0.25) is 0 Å². The fraction of sp³-hybridized carbons (Fsp3) is 0.238. The van der Waals surface area contributed by atoms with Gasteiger partial charge in [0.1, 0.15) is 17.0 Å². The molecule has 0 spiro atoms. The van der Waals surface area contributed by atoms with E-state index in [0.717, 1.165) is 27.7 Å². The molecule has 3 aromatic heterocycles. The summed E-state index contributed by atoms with van der Waals surface area (Å²) in [4.78, 5) is 7.10. The molecule has 0 amide bonds. The van der Waals surface area contributed by atoms with Gasteiger partial charge in [0.25, 0.3) is 0 Å². The van der Waals surface area contributed by atoms with Gasteiger partial charge in [-0.2, -0.15) is 5.10 Å². The summed E-state index contributed by atoms with van der Waals surface area (Å²) in [5.41, 5.74) is 4.24. The van der Waals surface area contributed by atoms with Crippen LogP contribution in [-0.2, 0) is 13.6 Å². The molecule has 0 N–H and O–H groups in total. The number of anilines is 1. The van der Waals surface area contributed by atoms with Gasteiger partial charge < -0.3 is 14.1 Å². The van der Waals surface area contributed by atoms with E-state index in [4.69, 9.17) is 14.1 Å². The van der Waals surface area contributed by atoms with Crippen LogP contribution < -0.4 is 9.64 Å². The fourth-order valence-electron chi connectivity index (χ4n) is 3.16. The van der Waals surface area contributed by atoms with Crippen molar-refractivity contribution in [1.29, 1.82) is 0 Å². The average molecular weight is 395 g/mol. The quantitative estimate of drug-likeness (QED) is 0.446. The zero-order valence-corrected chi connectivity index (χ0v) is 16.9. The first-order valence-corrected chi connectivity index (χ1v) is 9.88. The number of methoxy groups -OCH3 is 1. The molecule has 1 aromatic carbocycles. The lowest BCUT2D eigenvalue weighted by Gasteiger charge is -2.30. The minimum absolute atomic E-state index is 0.123. The lowest BCUT2D eigenvalue weighted by Crippen LogP contribution is -2.26. The number of hydrogen-bond donors (Lipinski definition) is 0. The standard InChI is InChI=1S/C21H22N4O2S/c1-15(16-5-4-6-20(9-16)26-3)25(19-10-22-24(2)12-19)11-18-14-28-21(23-18)17-7-8-27-13-17/h4-10,12-15H,11H2,1-3H3/t15-/m1/s1. The van der Waals surface area contributed by atoms with Crippen molar-refractivity contribution in [1.82, 2.24) is 14.8 Å². The third kappa shape index (κ3) is 3.80. The zero-order valence-electron chi connectivity index (χ0n) is 16.1. The van der Waals surface area contributed by atoms with Crippen LogP contribution >= 0.6 is 11.3 Å². The van der Waals surface area contributed by atoms with Crippen LogP contribution in [0.15, 0.2) is 65.0 Å². The van der Waals surface area contributed by atoms with Crippen molar-refractivity contribution in [2.75, 3.05) is 12.0 Å². The highest BCUT2D eigenvalue weighted by atomic mass is 32.1. The molecule has 0 saturated carbocycles.